The molecule has 108 valence electrons. The molecule has 1 amide bonds. The third kappa shape index (κ3) is 4.06. The number of carbonyl (C=O) groups is 1. The Morgan fingerprint density at radius 3 is 3.10 bits per heavy atom. The highest BCUT2D eigenvalue weighted by atomic mass is 16.5. The average molecular weight is 275 g/mol. The van der Waals surface area contributed by atoms with Crippen molar-refractivity contribution in [3.05, 3.63) is 36.4 Å². The summed E-state index contributed by atoms with van der Waals surface area (Å²) < 4.78 is 7.32. The van der Waals surface area contributed by atoms with Crippen LogP contribution in [-0.2, 0) is 4.74 Å². The summed E-state index contributed by atoms with van der Waals surface area (Å²) in [6.07, 6.45) is 8.37. The van der Waals surface area contributed by atoms with E-state index < -0.39 is 0 Å². The Kier molecular flexibility index (Phi) is 5.55. The molecule has 0 aliphatic rings. The van der Waals surface area contributed by atoms with E-state index in [2.05, 4.69) is 17.2 Å². The van der Waals surface area contributed by atoms with Crippen molar-refractivity contribution in [1.82, 2.24) is 14.7 Å². The van der Waals surface area contributed by atoms with Gasteiger partial charge in [-0.3, -0.25) is 4.79 Å². The normalized spacial score (nSPS) is 10.8. The Morgan fingerprint density at radius 1 is 1.40 bits per heavy atom. The molecule has 0 saturated heterocycles. The zero-order chi connectivity index (χ0) is 14.2. The van der Waals surface area contributed by atoms with Crippen molar-refractivity contribution in [3.63, 3.8) is 0 Å². The van der Waals surface area contributed by atoms with Crippen LogP contribution in [0.2, 0.25) is 0 Å². The SMILES string of the molecule is CCCCOCCCNC(=O)c1ccn2cncc2c1. The second kappa shape index (κ2) is 7.65. The van der Waals surface area contributed by atoms with Crippen LogP contribution in [0, 0.1) is 0 Å². The van der Waals surface area contributed by atoms with E-state index in [1.807, 2.05) is 16.7 Å². The molecule has 2 rings (SSSR count). The number of ether oxygens (including phenoxy) is 1. The van der Waals surface area contributed by atoms with Crippen LogP contribution in [-0.4, -0.2) is 35.1 Å². The molecule has 0 saturated carbocycles. The first kappa shape index (κ1) is 14.5. The molecule has 1 N–H and O–H groups in total. The van der Waals surface area contributed by atoms with Crippen molar-refractivity contribution in [2.75, 3.05) is 19.8 Å². The van der Waals surface area contributed by atoms with E-state index in [9.17, 15) is 4.79 Å². The number of pyridine rings is 1. The second-order valence-corrected chi connectivity index (χ2v) is 4.72. The Morgan fingerprint density at radius 2 is 2.25 bits per heavy atom. The number of fused-ring (bicyclic) bond motifs is 1. The highest BCUT2D eigenvalue weighted by Gasteiger charge is 2.05. The maximum atomic E-state index is 12.0. The Labute approximate surface area is 119 Å². The largest absolute Gasteiger partial charge is 0.381 e. The number of rotatable bonds is 8. The lowest BCUT2D eigenvalue weighted by molar-refractivity contribution is 0.0940. The second-order valence-electron chi connectivity index (χ2n) is 4.72. The smallest absolute Gasteiger partial charge is 0.251 e. The number of unbranched alkanes of at least 4 members (excludes halogenated alkanes) is 1. The van der Waals surface area contributed by atoms with Gasteiger partial charge in [-0.2, -0.15) is 0 Å². The van der Waals surface area contributed by atoms with E-state index >= 15 is 0 Å². The van der Waals surface area contributed by atoms with Crippen molar-refractivity contribution in [3.8, 4) is 0 Å². The van der Waals surface area contributed by atoms with E-state index in [4.69, 9.17) is 4.74 Å². The minimum Gasteiger partial charge on any atom is -0.381 e. The van der Waals surface area contributed by atoms with Crippen LogP contribution < -0.4 is 5.32 Å². The summed E-state index contributed by atoms with van der Waals surface area (Å²) in [5.74, 6) is -0.0535. The molecule has 20 heavy (non-hydrogen) atoms. The van der Waals surface area contributed by atoms with Gasteiger partial charge in [0.15, 0.2) is 0 Å². The maximum absolute atomic E-state index is 12.0. The Hall–Kier alpha value is -1.88. The summed E-state index contributed by atoms with van der Waals surface area (Å²) in [4.78, 5) is 16.0. The molecule has 0 radical (unpaired) electrons. The fraction of sp³-hybridized carbons (Fsp3) is 0.467. The van der Waals surface area contributed by atoms with E-state index in [1.165, 1.54) is 0 Å². The van der Waals surface area contributed by atoms with Crippen molar-refractivity contribution >= 4 is 11.4 Å². The van der Waals surface area contributed by atoms with Gasteiger partial charge in [0.25, 0.3) is 5.91 Å². The van der Waals surface area contributed by atoms with Gasteiger partial charge in [-0.25, -0.2) is 4.98 Å². The molecule has 2 aromatic rings. The minimum absolute atomic E-state index is 0.0535. The predicted octanol–water partition coefficient (Wildman–Crippen LogP) is 2.27. The molecular formula is C15H21N3O2. The maximum Gasteiger partial charge on any atom is 0.251 e. The summed E-state index contributed by atoms with van der Waals surface area (Å²) >= 11 is 0. The molecule has 2 heterocycles. The molecule has 0 atom stereocenters. The average Bonchev–Trinajstić information content (AvgIpc) is 2.93. The van der Waals surface area contributed by atoms with Crippen molar-refractivity contribution in [2.24, 2.45) is 0 Å². The van der Waals surface area contributed by atoms with Gasteiger partial charge in [0.1, 0.15) is 0 Å². The molecule has 0 aromatic carbocycles. The molecule has 0 bridgehead atoms. The van der Waals surface area contributed by atoms with E-state index in [0.29, 0.717) is 18.7 Å². The van der Waals surface area contributed by atoms with Gasteiger partial charge in [0.05, 0.1) is 18.0 Å². The molecule has 5 heteroatoms. The van der Waals surface area contributed by atoms with E-state index in [1.54, 1.807) is 18.6 Å². The van der Waals surface area contributed by atoms with Gasteiger partial charge in [0, 0.05) is 31.5 Å². The van der Waals surface area contributed by atoms with Gasteiger partial charge < -0.3 is 14.5 Å². The summed E-state index contributed by atoms with van der Waals surface area (Å²) in [5.41, 5.74) is 1.57. The first-order valence-corrected chi connectivity index (χ1v) is 7.09. The van der Waals surface area contributed by atoms with Gasteiger partial charge in [-0.15, -0.1) is 0 Å². The lowest BCUT2D eigenvalue weighted by atomic mass is 10.2. The van der Waals surface area contributed by atoms with E-state index in [0.717, 1.165) is 31.4 Å². The quantitative estimate of drug-likeness (QED) is 0.752. The molecule has 5 nitrogen and oxygen atoms in total. The summed E-state index contributed by atoms with van der Waals surface area (Å²) in [7, 11) is 0. The zero-order valence-corrected chi connectivity index (χ0v) is 11.8. The molecule has 2 aromatic heterocycles. The lowest BCUT2D eigenvalue weighted by Crippen LogP contribution is -2.25. The number of hydrogen-bond donors (Lipinski definition) is 1. The standard InChI is InChI=1S/C15H21N3O2/c1-2-3-8-20-9-4-6-17-15(19)13-5-7-18-12-16-11-14(18)10-13/h5,7,10-12H,2-4,6,8-9H2,1H3,(H,17,19). The first-order valence-electron chi connectivity index (χ1n) is 7.09. The van der Waals surface area contributed by atoms with Gasteiger partial charge in [-0.05, 0) is 25.0 Å². The molecule has 0 fully saturated rings. The van der Waals surface area contributed by atoms with Gasteiger partial charge in [0.2, 0.25) is 0 Å². The van der Waals surface area contributed by atoms with Crippen LogP contribution in [0.25, 0.3) is 5.52 Å². The summed E-state index contributed by atoms with van der Waals surface area (Å²) in [6, 6.07) is 3.63. The fourth-order valence-corrected chi connectivity index (χ4v) is 1.89. The van der Waals surface area contributed by atoms with Gasteiger partial charge >= 0.3 is 0 Å². The number of aromatic nitrogens is 2. The predicted molar refractivity (Wildman–Crippen MR) is 77.9 cm³/mol. The third-order valence-corrected chi connectivity index (χ3v) is 3.07. The summed E-state index contributed by atoms with van der Waals surface area (Å²) in [5, 5.41) is 2.90. The minimum atomic E-state index is -0.0535. The molecule has 0 spiro atoms. The van der Waals surface area contributed by atoms with E-state index in [-0.39, 0.29) is 5.91 Å². The number of amides is 1. The molecule has 0 aliphatic heterocycles. The Balaban J connectivity index is 1.71. The number of hydrogen-bond acceptors (Lipinski definition) is 3. The monoisotopic (exact) mass is 275 g/mol. The molecule has 0 unspecified atom stereocenters. The zero-order valence-electron chi connectivity index (χ0n) is 11.8. The lowest BCUT2D eigenvalue weighted by Gasteiger charge is -2.06. The van der Waals surface area contributed by atoms with Crippen LogP contribution in [0.15, 0.2) is 30.9 Å². The first-order chi connectivity index (χ1) is 9.81. The van der Waals surface area contributed by atoms with Crippen LogP contribution in [0.4, 0.5) is 0 Å². The highest BCUT2D eigenvalue weighted by Crippen LogP contribution is 2.06. The van der Waals surface area contributed by atoms with Crippen molar-refractivity contribution in [1.29, 1.82) is 0 Å². The van der Waals surface area contributed by atoms with Crippen LogP contribution >= 0.6 is 0 Å². The highest BCUT2D eigenvalue weighted by molar-refractivity contribution is 5.95. The Bertz CT molecular complexity index is 551. The number of imidazole rings is 1. The van der Waals surface area contributed by atoms with Crippen LogP contribution in [0.1, 0.15) is 36.5 Å². The van der Waals surface area contributed by atoms with Crippen LogP contribution in [0.5, 0.6) is 0 Å². The number of nitrogens with one attached hydrogen (secondary N) is 1. The van der Waals surface area contributed by atoms with Crippen molar-refractivity contribution in [2.45, 2.75) is 26.2 Å². The third-order valence-electron chi connectivity index (χ3n) is 3.07. The number of nitrogens with zero attached hydrogens (tertiary/aromatic N) is 2. The fourth-order valence-electron chi connectivity index (χ4n) is 1.89. The topological polar surface area (TPSA) is 55.6 Å². The molecule has 0 aliphatic carbocycles. The number of carbonyl (C=O) groups excluding carboxylic acids is 1. The van der Waals surface area contributed by atoms with Crippen LogP contribution in [0.3, 0.4) is 0 Å². The molecular weight excluding hydrogens is 254 g/mol. The van der Waals surface area contributed by atoms with Crippen molar-refractivity contribution < 1.29 is 9.53 Å². The van der Waals surface area contributed by atoms with Gasteiger partial charge in [-0.1, -0.05) is 13.3 Å². The summed E-state index contributed by atoms with van der Waals surface area (Å²) in [6.45, 7) is 4.28.